The second kappa shape index (κ2) is 7.57. The molecule has 0 saturated heterocycles. The third-order valence-electron chi connectivity index (χ3n) is 2.71. The monoisotopic (exact) mass is 324 g/mol. The van der Waals surface area contributed by atoms with Crippen LogP contribution in [0.3, 0.4) is 0 Å². The molecule has 1 aromatic rings. The molecule has 0 aliphatic heterocycles. The minimum Gasteiger partial charge on any atom is -0.494 e. The number of ether oxygens (including phenoxy) is 2. The first-order chi connectivity index (χ1) is 10.6. The molecule has 0 heterocycles. The Morgan fingerprint density at radius 2 is 1.96 bits per heavy atom. The highest BCUT2D eigenvalue weighted by molar-refractivity contribution is 5.94. The van der Waals surface area contributed by atoms with E-state index in [0.717, 1.165) is 0 Å². The quantitative estimate of drug-likeness (QED) is 0.489. The van der Waals surface area contributed by atoms with Crippen LogP contribution in [0.5, 0.6) is 5.75 Å². The summed E-state index contributed by atoms with van der Waals surface area (Å²) < 4.78 is 9.89. The van der Waals surface area contributed by atoms with Crippen LogP contribution in [0.25, 0.3) is 0 Å². The van der Waals surface area contributed by atoms with E-state index < -0.39 is 23.4 Å². The number of nitrogens with one attached hydrogen (secondary N) is 1. The number of esters is 1. The topological polar surface area (TPSA) is 108 Å². The van der Waals surface area contributed by atoms with Gasteiger partial charge in [0, 0.05) is 6.07 Å². The van der Waals surface area contributed by atoms with Gasteiger partial charge in [-0.1, -0.05) is 20.8 Å². The summed E-state index contributed by atoms with van der Waals surface area (Å²) in [5, 5.41) is 13.2. The van der Waals surface area contributed by atoms with E-state index in [4.69, 9.17) is 9.47 Å². The molecule has 0 aromatic heterocycles. The number of nitro benzene ring substituents is 1. The van der Waals surface area contributed by atoms with E-state index in [9.17, 15) is 19.7 Å². The van der Waals surface area contributed by atoms with E-state index in [1.54, 1.807) is 0 Å². The van der Waals surface area contributed by atoms with Gasteiger partial charge in [0.1, 0.15) is 5.75 Å². The molecule has 0 atom stereocenters. The van der Waals surface area contributed by atoms with E-state index in [1.165, 1.54) is 25.3 Å². The summed E-state index contributed by atoms with van der Waals surface area (Å²) >= 11 is 0. The average Bonchev–Trinajstić information content (AvgIpc) is 2.43. The second-order valence-electron chi connectivity index (χ2n) is 6.09. The highest BCUT2D eigenvalue weighted by Crippen LogP contribution is 2.28. The fourth-order valence-corrected chi connectivity index (χ4v) is 1.71. The fourth-order valence-electron chi connectivity index (χ4n) is 1.71. The Labute approximate surface area is 133 Å². The molecule has 1 N–H and O–H groups in total. The summed E-state index contributed by atoms with van der Waals surface area (Å²) in [5.74, 6) is -0.878. The number of non-ortho nitro benzene ring substituents is 1. The minimum absolute atomic E-state index is 0.147. The highest BCUT2D eigenvalue weighted by atomic mass is 16.6. The second-order valence-corrected chi connectivity index (χ2v) is 6.09. The van der Waals surface area contributed by atoms with Crippen molar-refractivity contribution in [1.82, 2.24) is 0 Å². The first kappa shape index (κ1) is 18.4. The number of rotatable bonds is 6. The standard InChI is InChI=1S/C15H20N2O6/c1-15(2,3)8-14(19)23-9-13(18)16-11-6-5-10(17(20)21)7-12(11)22-4/h5-7H,8-9H2,1-4H3,(H,16,18). The van der Waals surface area contributed by atoms with Gasteiger partial charge in [-0.25, -0.2) is 0 Å². The Hall–Kier alpha value is -2.64. The smallest absolute Gasteiger partial charge is 0.306 e. The Balaban J connectivity index is 2.64. The van der Waals surface area contributed by atoms with Gasteiger partial charge in [-0.2, -0.15) is 0 Å². The lowest BCUT2D eigenvalue weighted by Gasteiger charge is -2.16. The normalized spacial score (nSPS) is 10.8. The summed E-state index contributed by atoms with van der Waals surface area (Å²) in [6.45, 7) is 5.22. The molecule has 0 saturated carbocycles. The molecule has 0 bridgehead atoms. The van der Waals surface area contributed by atoms with Crippen molar-refractivity contribution in [2.45, 2.75) is 27.2 Å². The summed E-state index contributed by atoms with van der Waals surface area (Å²) in [6.07, 6.45) is 0.196. The van der Waals surface area contributed by atoms with Crippen molar-refractivity contribution >= 4 is 23.3 Å². The maximum Gasteiger partial charge on any atom is 0.306 e. The summed E-state index contributed by atoms with van der Waals surface area (Å²) in [4.78, 5) is 33.5. The maximum absolute atomic E-state index is 11.8. The highest BCUT2D eigenvalue weighted by Gasteiger charge is 2.18. The number of hydrogen-bond donors (Lipinski definition) is 1. The number of methoxy groups -OCH3 is 1. The van der Waals surface area contributed by atoms with Gasteiger partial charge < -0.3 is 14.8 Å². The molecular weight excluding hydrogens is 304 g/mol. The van der Waals surface area contributed by atoms with Crippen molar-refractivity contribution < 1.29 is 24.0 Å². The van der Waals surface area contributed by atoms with Gasteiger partial charge in [0.15, 0.2) is 6.61 Å². The predicted molar refractivity (Wildman–Crippen MR) is 83.3 cm³/mol. The third-order valence-corrected chi connectivity index (χ3v) is 2.71. The predicted octanol–water partition coefficient (Wildman–Crippen LogP) is 2.52. The summed E-state index contributed by atoms with van der Waals surface area (Å²) in [7, 11) is 1.33. The largest absolute Gasteiger partial charge is 0.494 e. The molecule has 126 valence electrons. The lowest BCUT2D eigenvalue weighted by Crippen LogP contribution is -2.23. The van der Waals surface area contributed by atoms with Gasteiger partial charge in [-0.3, -0.25) is 19.7 Å². The summed E-state index contributed by atoms with van der Waals surface area (Å²) in [5.41, 5.74) is -0.124. The van der Waals surface area contributed by atoms with Gasteiger partial charge in [-0.05, 0) is 11.5 Å². The van der Waals surface area contributed by atoms with E-state index in [0.29, 0.717) is 0 Å². The fraction of sp³-hybridized carbons (Fsp3) is 0.467. The Bertz CT molecular complexity index is 606. The van der Waals surface area contributed by atoms with Crippen LogP contribution < -0.4 is 10.1 Å². The molecule has 0 aliphatic carbocycles. The molecule has 8 heteroatoms. The SMILES string of the molecule is COc1cc([N+](=O)[O-])ccc1NC(=O)COC(=O)CC(C)(C)C. The zero-order valence-corrected chi connectivity index (χ0v) is 13.5. The number of carbonyl (C=O) groups excluding carboxylic acids is 2. The molecule has 0 fully saturated rings. The molecule has 0 spiro atoms. The third kappa shape index (κ3) is 6.33. The van der Waals surface area contributed by atoms with Crippen molar-refractivity contribution in [1.29, 1.82) is 0 Å². The van der Waals surface area contributed by atoms with Gasteiger partial charge in [0.05, 0.1) is 30.2 Å². The zero-order chi connectivity index (χ0) is 17.6. The van der Waals surface area contributed by atoms with Gasteiger partial charge in [0.25, 0.3) is 11.6 Å². The maximum atomic E-state index is 11.8. The molecule has 1 aromatic carbocycles. The van der Waals surface area contributed by atoms with Crippen LogP contribution >= 0.6 is 0 Å². The van der Waals surface area contributed by atoms with Crippen molar-refractivity contribution in [3.05, 3.63) is 28.3 Å². The molecule has 23 heavy (non-hydrogen) atoms. The number of anilines is 1. The van der Waals surface area contributed by atoms with Gasteiger partial charge >= 0.3 is 5.97 Å². The van der Waals surface area contributed by atoms with E-state index >= 15 is 0 Å². The molecule has 8 nitrogen and oxygen atoms in total. The van der Waals surface area contributed by atoms with Crippen LogP contribution in [0.2, 0.25) is 0 Å². The van der Waals surface area contributed by atoms with Crippen LogP contribution in [-0.2, 0) is 14.3 Å². The number of amides is 1. The molecule has 0 aliphatic rings. The Morgan fingerprint density at radius 1 is 1.30 bits per heavy atom. The van der Waals surface area contributed by atoms with Crippen LogP contribution in [0.4, 0.5) is 11.4 Å². The van der Waals surface area contributed by atoms with Gasteiger partial charge in [-0.15, -0.1) is 0 Å². The van der Waals surface area contributed by atoms with E-state index in [1.807, 2.05) is 20.8 Å². The van der Waals surface area contributed by atoms with Crippen molar-refractivity contribution in [3.8, 4) is 5.75 Å². The lowest BCUT2D eigenvalue weighted by molar-refractivity contribution is -0.384. The number of carbonyl (C=O) groups is 2. The van der Waals surface area contributed by atoms with Crippen molar-refractivity contribution in [2.75, 3.05) is 19.0 Å². The van der Waals surface area contributed by atoms with E-state index in [-0.39, 0.29) is 29.0 Å². The van der Waals surface area contributed by atoms with Crippen LogP contribution in [0, 0.1) is 15.5 Å². The molecule has 0 radical (unpaired) electrons. The number of nitrogens with zero attached hydrogens (tertiary/aromatic N) is 1. The first-order valence-electron chi connectivity index (χ1n) is 6.90. The first-order valence-corrected chi connectivity index (χ1v) is 6.90. The van der Waals surface area contributed by atoms with Crippen molar-refractivity contribution in [3.63, 3.8) is 0 Å². The van der Waals surface area contributed by atoms with Crippen LogP contribution in [-0.4, -0.2) is 30.5 Å². The lowest BCUT2D eigenvalue weighted by atomic mass is 9.92. The molecular formula is C15H20N2O6. The van der Waals surface area contributed by atoms with Gasteiger partial charge in [0.2, 0.25) is 0 Å². The molecule has 1 rings (SSSR count). The van der Waals surface area contributed by atoms with Crippen LogP contribution in [0.1, 0.15) is 27.2 Å². The van der Waals surface area contributed by atoms with E-state index in [2.05, 4.69) is 5.32 Å². The number of nitro groups is 1. The van der Waals surface area contributed by atoms with Crippen LogP contribution in [0.15, 0.2) is 18.2 Å². The average molecular weight is 324 g/mol. The number of benzene rings is 1. The Kier molecular flexibility index (Phi) is 6.06. The minimum atomic E-state index is -0.567. The zero-order valence-electron chi connectivity index (χ0n) is 13.5. The Morgan fingerprint density at radius 3 is 2.48 bits per heavy atom. The summed E-state index contributed by atoms with van der Waals surface area (Å²) in [6, 6.07) is 3.79. The molecule has 0 unspecified atom stereocenters. The van der Waals surface area contributed by atoms with Crippen molar-refractivity contribution in [2.24, 2.45) is 5.41 Å². The number of hydrogen-bond acceptors (Lipinski definition) is 6. The molecule has 1 amide bonds.